The summed E-state index contributed by atoms with van der Waals surface area (Å²) in [7, 11) is 1.67. The Kier molecular flexibility index (Phi) is 4.01. The van der Waals surface area contributed by atoms with Gasteiger partial charge in [0.25, 0.3) is 0 Å². The first-order chi connectivity index (χ1) is 8.35. The molecule has 0 saturated carbocycles. The van der Waals surface area contributed by atoms with Gasteiger partial charge in [0.15, 0.2) is 0 Å². The molecule has 1 aromatic carbocycles. The minimum Gasteiger partial charge on any atom is -0.495 e. The highest BCUT2D eigenvalue weighted by Gasteiger charge is 2.11. The summed E-state index contributed by atoms with van der Waals surface area (Å²) < 4.78 is 5.31. The fourth-order valence-electron chi connectivity index (χ4n) is 1.70. The van der Waals surface area contributed by atoms with Crippen molar-refractivity contribution in [1.82, 2.24) is 0 Å². The zero-order valence-corrected chi connectivity index (χ0v) is 10.5. The van der Waals surface area contributed by atoms with Crippen LogP contribution in [0.3, 0.4) is 0 Å². The van der Waals surface area contributed by atoms with E-state index in [2.05, 4.69) is 22.1 Å². The van der Waals surface area contributed by atoms with E-state index in [1.807, 2.05) is 24.3 Å². The summed E-state index contributed by atoms with van der Waals surface area (Å²) >= 11 is 1.68. The average Bonchev–Trinajstić information content (AvgIpc) is 2.90. The topological polar surface area (TPSA) is 47.3 Å². The largest absolute Gasteiger partial charge is 0.495 e. The number of benzene rings is 1. The molecule has 90 valence electrons. The number of anilines is 1. The number of hydrogen-bond acceptors (Lipinski definition) is 4. The Labute approximate surface area is 105 Å². The molecule has 1 atom stereocenters. The maximum atomic E-state index is 5.80. The molecule has 3 nitrogen and oxygen atoms in total. The van der Waals surface area contributed by atoms with Gasteiger partial charge in [0.05, 0.1) is 18.8 Å². The van der Waals surface area contributed by atoms with E-state index in [0.29, 0.717) is 6.54 Å². The van der Waals surface area contributed by atoms with Crippen LogP contribution in [0.1, 0.15) is 11.6 Å². The van der Waals surface area contributed by atoms with Gasteiger partial charge < -0.3 is 15.8 Å². The first-order valence-electron chi connectivity index (χ1n) is 5.47. The fourth-order valence-corrected chi connectivity index (χ4v) is 2.42. The highest BCUT2D eigenvalue weighted by Crippen LogP contribution is 2.28. The molecule has 0 amide bonds. The standard InChI is InChI=1S/C13H16N2OS/c1-16-13-5-3-2-4-11(13)15-12(8-14)10-6-7-17-9-10/h2-7,9,12,15H,8,14H2,1H3. The number of ether oxygens (including phenoxy) is 1. The molecule has 0 aliphatic rings. The van der Waals surface area contributed by atoms with Gasteiger partial charge in [-0.25, -0.2) is 0 Å². The summed E-state index contributed by atoms with van der Waals surface area (Å²) in [6, 6.07) is 10.1. The van der Waals surface area contributed by atoms with E-state index in [1.54, 1.807) is 18.4 Å². The summed E-state index contributed by atoms with van der Waals surface area (Å²) in [5.41, 5.74) is 7.99. The lowest BCUT2D eigenvalue weighted by Crippen LogP contribution is -2.20. The Morgan fingerprint density at radius 1 is 1.35 bits per heavy atom. The van der Waals surface area contributed by atoms with Crippen molar-refractivity contribution < 1.29 is 4.74 Å². The number of para-hydroxylation sites is 2. The Morgan fingerprint density at radius 3 is 2.82 bits per heavy atom. The lowest BCUT2D eigenvalue weighted by Gasteiger charge is -2.19. The smallest absolute Gasteiger partial charge is 0.141 e. The molecule has 1 unspecified atom stereocenters. The Bertz CT molecular complexity index is 456. The number of hydrogen-bond donors (Lipinski definition) is 2. The molecule has 1 aromatic heterocycles. The maximum Gasteiger partial charge on any atom is 0.141 e. The third kappa shape index (κ3) is 2.78. The van der Waals surface area contributed by atoms with Gasteiger partial charge in [0, 0.05) is 6.54 Å². The van der Waals surface area contributed by atoms with Gasteiger partial charge in [-0.15, -0.1) is 0 Å². The molecule has 0 saturated heterocycles. The summed E-state index contributed by atoms with van der Waals surface area (Å²) in [5.74, 6) is 0.834. The number of nitrogens with two attached hydrogens (primary N) is 1. The van der Waals surface area contributed by atoms with Crippen LogP contribution >= 0.6 is 11.3 Å². The molecule has 0 aliphatic carbocycles. The Hall–Kier alpha value is -1.52. The molecular formula is C13H16N2OS. The second kappa shape index (κ2) is 5.70. The molecule has 0 radical (unpaired) electrons. The predicted octanol–water partition coefficient (Wildman–Crippen LogP) is 2.87. The van der Waals surface area contributed by atoms with Crippen LogP contribution in [-0.4, -0.2) is 13.7 Å². The number of rotatable bonds is 5. The molecule has 0 spiro atoms. The molecule has 17 heavy (non-hydrogen) atoms. The van der Waals surface area contributed by atoms with Gasteiger partial charge in [0.1, 0.15) is 5.75 Å². The average molecular weight is 248 g/mol. The van der Waals surface area contributed by atoms with Crippen molar-refractivity contribution in [3.8, 4) is 5.75 Å². The van der Waals surface area contributed by atoms with Crippen LogP contribution in [-0.2, 0) is 0 Å². The van der Waals surface area contributed by atoms with Crippen molar-refractivity contribution in [2.24, 2.45) is 5.73 Å². The van der Waals surface area contributed by atoms with Crippen molar-refractivity contribution in [2.75, 3.05) is 19.0 Å². The van der Waals surface area contributed by atoms with E-state index in [0.717, 1.165) is 11.4 Å². The zero-order chi connectivity index (χ0) is 12.1. The van der Waals surface area contributed by atoms with E-state index in [4.69, 9.17) is 10.5 Å². The maximum absolute atomic E-state index is 5.80. The van der Waals surface area contributed by atoms with Crippen LogP contribution in [0.25, 0.3) is 0 Å². The highest BCUT2D eigenvalue weighted by molar-refractivity contribution is 7.08. The lowest BCUT2D eigenvalue weighted by atomic mass is 10.1. The van der Waals surface area contributed by atoms with Crippen molar-refractivity contribution in [2.45, 2.75) is 6.04 Å². The van der Waals surface area contributed by atoms with Crippen LogP contribution in [0.5, 0.6) is 5.75 Å². The second-order valence-corrected chi connectivity index (χ2v) is 4.47. The van der Waals surface area contributed by atoms with E-state index in [-0.39, 0.29) is 6.04 Å². The van der Waals surface area contributed by atoms with Gasteiger partial charge in [-0.05, 0) is 34.5 Å². The van der Waals surface area contributed by atoms with E-state index in [9.17, 15) is 0 Å². The molecule has 0 fully saturated rings. The summed E-state index contributed by atoms with van der Waals surface area (Å²) in [6.07, 6.45) is 0. The molecule has 3 N–H and O–H groups in total. The van der Waals surface area contributed by atoms with Crippen LogP contribution in [0, 0.1) is 0 Å². The Morgan fingerprint density at radius 2 is 2.18 bits per heavy atom. The number of methoxy groups -OCH3 is 1. The Balaban J connectivity index is 2.18. The molecule has 0 bridgehead atoms. The quantitative estimate of drug-likeness (QED) is 0.855. The van der Waals surface area contributed by atoms with E-state index in [1.165, 1.54) is 5.56 Å². The fraction of sp³-hybridized carbons (Fsp3) is 0.231. The molecular weight excluding hydrogens is 232 g/mol. The molecule has 1 heterocycles. The highest BCUT2D eigenvalue weighted by atomic mass is 32.1. The SMILES string of the molecule is COc1ccccc1NC(CN)c1ccsc1. The van der Waals surface area contributed by atoms with Crippen LogP contribution < -0.4 is 15.8 Å². The van der Waals surface area contributed by atoms with Crippen molar-refractivity contribution in [3.63, 3.8) is 0 Å². The van der Waals surface area contributed by atoms with Gasteiger partial charge in [-0.3, -0.25) is 0 Å². The first-order valence-corrected chi connectivity index (χ1v) is 6.41. The lowest BCUT2D eigenvalue weighted by molar-refractivity contribution is 0.416. The predicted molar refractivity (Wildman–Crippen MR) is 72.7 cm³/mol. The van der Waals surface area contributed by atoms with E-state index >= 15 is 0 Å². The van der Waals surface area contributed by atoms with Gasteiger partial charge in [0.2, 0.25) is 0 Å². The molecule has 4 heteroatoms. The monoisotopic (exact) mass is 248 g/mol. The third-order valence-electron chi connectivity index (χ3n) is 2.62. The third-order valence-corrected chi connectivity index (χ3v) is 3.32. The molecule has 0 aliphatic heterocycles. The number of thiophene rings is 1. The minimum atomic E-state index is 0.123. The first kappa shape index (κ1) is 12.0. The van der Waals surface area contributed by atoms with Gasteiger partial charge in [-0.1, -0.05) is 12.1 Å². The normalized spacial score (nSPS) is 12.1. The van der Waals surface area contributed by atoms with Crippen molar-refractivity contribution >= 4 is 17.0 Å². The van der Waals surface area contributed by atoms with Crippen LogP contribution in [0.15, 0.2) is 41.1 Å². The minimum absolute atomic E-state index is 0.123. The zero-order valence-electron chi connectivity index (χ0n) is 9.72. The van der Waals surface area contributed by atoms with Crippen LogP contribution in [0.2, 0.25) is 0 Å². The second-order valence-electron chi connectivity index (χ2n) is 3.69. The van der Waals surface area contributed by atoms with Crippen LogP contribution in [0.4, 0.5) is 5.69 Å². The van der Waals surface area contributed by atoms with Crippen molar-refractivity contribution in [3.05, 3.63) is 46.7 Å². The summed E-state index contributed by atoms with van der Waals surface area (Å²) in [4.78, 5) is 0. The van der Waals surface area contributed by atoms with Gasteiger partial charge in [-0.2, -0.15) is 11.3 Å². The summed E-state index contributed by atoms with van der Waals surface area (Å²) in [5, 5.41) is 7.58. The molecule has 2 aromatic rings. The van der Waals surface area contributed by atoms with Gasteiger partial charge >= 0.3 is 0 Å². The summed E-state index contributed by atoms with van der Waals surface area (Å²) in [6.45, 7) is 0.550. The number of nitrogens with one attached hydrogen (secondary N) is 1. The van der Waals surface area contributed by atoms with E-state index < -0.39 is 0 Å². The van der Waals surface area contributed by atoms with Crippen molar-refractivity contribution in [1.29, 1.82) is 0 Å². The molecule has 2 rings (SSSR count).